The molecule has 1 aromatic rings. The number of para-hydroxylation sites is 1. The molecular formula is C30H49NO5S. The highest BCUT2D eigenvalue weighted by Gasteiger charge is 2.46. The van der Waals surface area contributed by atoms with E-state index >= 15 is 0 Å². The number of anilines is 1. The Morgan fingerprint density at radius 3 is 2.00 bits per heavy atom. The second kappa shape index (κ2) is 12.9. The van der Waals surface area contributed by atoms with Gasteiger partial charge in [0.1, 0.15) is 11.9 Å². The van der Waals surface area contributed by atoms with Crippen LogP contribution in [0.2, 0.25) is 0 Å². The monoisotopic (exact) mass is 535 g/mol. The minimum absolute atomic E-state index is 0.0308. The number of nitrogens with one attached hydrogen (secondary N) is 1. The maximum atomic E-state index is 13.3. The van der Waals surface area contributed by atoms with E-state index in [2.05, 4.69) is 17.9 Å². The lowest BCUT2D eigenvalue weighted by Crippen LogP contribution is -2.51. The van der Waals surface area contributed by atoms with E-state index in [-0.39, 0.29) is 36.2 Å². The van der Waals surface area contributed by atoms with E-state index in [9.17, 15) is 14.4 Å². The molecule has 0 heterocycles. The molecule has 0 saturated heterocycles. The lowest BCUT2D eigenvalue weighted by molar-refractivity contribution is -0.166. The maximum absolute atomic E-state index is 13.3. The van der Waals surface area contributed by atoms with Crippen molar-refractivity contribution in [3.63, 3.8) is 0 Å². The first-order valence-electron chi connectivity index (χ1n) is 13.1. The first-order chi connectivity index (χ1) is 16.7. The molecule has 210 valence electrons. The molecule has 0 bridgehead atoms. The average Bonchev–Trinajstić information content (AvgIpc) is 2.72. The van der Waals surface area contributed by atoms with Crippen LogP contribution >= 0.6 is 12.6 Å². The van der Waals surface area contributed by atoms with Gasteiger partial charge in [-0.3, -0.25) is 14.4 Å². The molecule has 0 radical (unpaired) electrons. The van der Waals surface area contributed by atoms with Crippen LogP contribution in [0.25, 0.3) is 0 Å². The number of Topliss-reactive ketones (excluding diaryl/α,β-unsaturated/α-hetero) is 2. The summed E-state index contributed by atoms with van der Waals surface area (Å²) >= 11 is 4.40. The number of ketones is 2. The number of carbonyl (C=O) groups is 3. The van der Waals surface area contributed by atoms with E-state index in [1.165, 1.54) is 0 Å². The van der Waals surface area contributed by atoms with Gasteiger partial charge < -0.3 is 14.8 Å². The average molecular weight is 536 g/mol. The van der Waals surface area contributed by atoms with E-state index in [0.717, 1.165) is 0 Å². The van der Waals surface area contributed by atoms with Crippen molar-refractivity contribution in [2.24, 2.45) is 16.7 Å². The summed E-state index contributed by atoms with van der Waals surface area (Å²) in [6.07, 6.45) is 0.405. The van der Waals surface area contributed by atoms with Gasteiger partial charge in [-0.25, -0.2) is 0 Å². The SMILES string of the molecule is CC(OC(C)(C)C)C(=O)C(C)(C)C(C)(C)OCCC(CC(=O)Nc1ccccc1S)CC(=O)C(C)(C)C. The molecule has 0 aliphatic carbocycles. The van der Waals surface area contributed by atoms with Crippen molar-refractivity contribution in [1.29, 1.82) is 0 Å². The van der Waals surface area contributed by atoms with Crippen LogP contribution in [0.1, 0.15) is 95.4 Å². The van der Waals surface area contributed by atoms with E-state index < -0.39 is 28.1 Å². The second-order valence-corrected chi connectivity index (χ2v) is 13.5. The highest BCUT2D eigenvalue weighted by molar-refractivity contribution is 7.80. The van der Waals surface area contributed by atoms with Gasteiger partial charge in [0.15, 0.2) is 5.78 Å². The van der Waals surface area contributed by atoms with Gasteiger partial charge in [-0.2, -0.15) is 0 Å². The topological polar surface area (TPSA) is 81.7 Å². The molecular weight excluding hydrogens is 486 g/mol. The van der Waals surface area contributed by atoms with Crippen LogP contribution in [-0.4, -0.2) is 41.4 Å². The van der Waals surface area contributed by atoms with E-state index in [1.54, 1.807) is 13.0 Å². The third-order valence-corrected chi connectivity index (χ3v) is 7.36. The van der Waals surface area contributed by atoms with Crippen LogP contribution < -0.4 is 5.32 Å². The van der Waals surface area contributed by atoms with Gasteiger partial charge in [-0.15, -0.1) is 12.6 Å². The Kier molecular flexibility index (Phi) is 11.6. The highest BCUT2D eigenvalue weighted by atomic mass is 32.1. The summed E-state index contributed by atoms with van der Waals surface area (Å²) < 4.78 is 12.2. The largest absolute Gasteiger partial charge is 0.375 e. The molecule has 37 heavy (non-hydrogen) atoms. The van der Waals surface area contributed by atoms with Crippen LogP contribution in [0.4, 0.5) is 5.69 Å². The Morgan fingerprint density at radius 2 is 1.49 bits per heavy atom. The lowest BCUT2D eigenvalue weighted by atomic mass is 9.72. The molecule has 0 aliphatic rings. The zero-order chi connectivity index (χ0) is 28.8. The van der Waals surface area contributed by atoms with Crippen molar-refractivity contribution < 1.29 is 23.9 Å². The van der Waals surface area contributed by atoms with Gasteiger partial charge in [0, 0.05) is 29.8 Å². The molecule has 7 heteroatoms. The van der Waals surface area contributed by atoms with E-state index in [1.807, 2.05) is 87.4 Å². The fourth-order valence-corrected chi connectivity index (χ4v) is 4.15. The minimum atomic E-state index is -0.817. The Hall–Kier alpha value is -1.70. The third kappa shape index (κ3) is 10.5. The number of thiol groups is 1. The predicted molar refractivity (Wildman–Crippen MR) is 153 cm³/mol. The van der Waals surface area contributed by atoms with Gasteiger partial charge in [-0.05, 0) is 66.0 Å². The molecule has 0 aromatic heterocycles. The molecule has 2 unspecified atom stereocenters. The fourth-order valence-electron chi connectivity index (χ4n) is 3.94. The van der Waals surface area contributed by atoms with Crippen molar-refractivity contribution in [3.05, 3.63) is 24.3 Å². The molecule has 0 aliphatic heterocycles. The van der Waals surface area contributed by atoms with Gasteiger partial charge in [0.2, 0.25) is 5.91 Å². The number of benzene rings is 1. The lowest BCUT2D eigenvalue weighted by Gasteiger charge is -2.42. The Balaban J connectivity index is 2.92. The van der Waals surface area contributed by atoms with Crippen molar-refractivity contribution in [2.75, 3.05) is 11.9 Å². The Bertz CT molecular complexity index is 940. The minimum Gasteiger partial charge on any atom is -0.375 e. The van der Waals surface area contributed by atoms with Crippen LogP contribution in [0.15, 0.2) is 29.2 Å². The summed E-state index contributed by atoms with van der Waals surface area (Å²) in [7, 11) is 0. The number of hydrogen-bond acceptors (Lipinski definition) is 6. The number of ether oxygens (including phenoxy) is 2. The number of rotatable bonds is 13. The van der Waals surface area contributed by atoms with Crippen molar-refractivity contribution in [1.82, 2.24) is 0 Å². The molecule has 0 spiro atoms. The molecule has 0 saturated carbocycles. The first-order valence-corrected chi connectivity index (χ1v) is 13.6. The van der Waals surface area contributed by atoms with E-state index in [4.69, 9.17) is 9.47 Å². The molecule has 1 aromatic carbocycles. The van der Waals surface area contributed by atoms with Gasteiger partial charge in [0.25, 0.3) is 0 Å². The summed E-state index contributed by atoms with van der Waals surface area (Å²) in [5.74, 6) is -0.299. The first kappa shape index (κ1) is 33.3. The highest BCUT2D eigenvalue weighted by Crippen LogP contribution is 2.37. The van der Waals surface area contributed by atoms with Gasteiger partial charge >= 0.3 is 0 Å². The zero-order valence-corrected chi connectivity index (χ0v) is 25.7. The summed E-state index contributed by atoms with van der Waals surface area (Å²) in [5, 5.41) is 2.90. The standard InChI is InChI=1S/C30H49NO5S/c1-20(36-28(5,6)7)26(34)29(8,9)30(10,11)35-17-16-21(18-24(32)27(2,3)4)19-25(33)31-22-14-12-13-15-23(22)37/h12-15,20-21,37H,16-19H2,1-11H3,(H,31,33). The van der Waals surface area contributed by atoms with Crippen LogP contribution in [0, 0.1) is 16.7 Å². The van der Waals surface area contributed by atoms with Gasteiger partial charge in [0.05, 0.1) is 22.3 Å². The summed E-state index contributed by atoms with van der Waals surface area (Å²) in [6.45, 7) is 21.1. The van der Waals surface area contributed by atoms with Crippen LogP contribution in [-0.2, 0) is 23.9 Å². The molecule has 0 fully saturated rings. The summed E-state index contributed by atoms with van der Waals surface area (Å²) in [6, 6.07) is 7.29. The van der Waals surface area contributed by atoms with Crippen LogP contribution in [0.5, 0.6) is 0 Å². The Labute approximate surface area is 230 Å². The van der Waals surface area contributed by atoms with Crippen molar-refractivity contribution in [3.8, 4) is 0 Å². The number of carbonyl (C=O) groups excluding carboxylic acids is 3. The maximum Gasteiger partial charge on any atom is 0.224 e. The van der Waals surface area contributed by atoms with E-state index in [0.29, 0.717) is 23.6 Å². The van der Waals surface area contributed by atoms with Crippen molar-refractivity contribution in [2.45, 2.75) is 118 Å². The molecule has 1 N–H and O–H groups in total. The zero-order valence-electron chi connectivity index (χ0n) is 24.8. The van der Waals surface area contributed by atoms with Crippen LogP contribution in [0.3, 0.4) is 0 Å². The summed E-state index contributed by atoms with van der Waals surface area (Å²) in [4.78, 5) is 39.6. The van der Waals surface area contributed by atoms with Crippen molar-refractivity contribution >= 4 is 35.8 Å². The van der Waals surface area contributed by atoms with Gasteiger partial charge in [-0.1, -0.05) is 46.8 Å². The molecule has 1 amide bonds. The molecule has 2 atom stereocenters. The quantitative estimate of drug-likeness (QED) is 0.268. The normalized spacial score (nSPS) is 14.7. The number of amides is 1. The Morgan fingerprint density at radius 1 is 0.919 bits per heavy atom. The summed E-state index contributed by atoms with van der Waals surface area (Å²) in [5.41, 5.74) is -1.89. The number of hydrogen-bond donors (Lipinski definition) is 2. The third-order valence-electron chi connectivity index (χ3n) is 6.97. The second-order valence-electron chi connectivity index (χ2n) is 13.0. The molecule has 6 nitrogen and oxygen atoms in total. The fraction of sp³-hybridized carbons (Fsp3) is 0.700. The molecule has 1 rings (SSSR count). The predicted octanol–water partition coefficient (Wildman–Crippen LogP) is 6.91. The smallest absolute Gasteiger partial charge is 0.224 e.